The van der Waals surface area contributed by atoms with E-state index in [2.05, 4.69) is 51.8 Å². The summed E-state index contributed by atoms with van der Waals surface area (Å²) in [7, 11) is 0. The van der Waals surface area contributed by atoms with E-state index in [9.17, 15) is 31.5 Å². The molecule has 1 aromatic heterocycles. The molecule has 17 nitrogen and oxygen atoms in total. The highest BCUT2D eigenvalue weighted by Gasteiger charge is 2.46. The normalized spacial score (nSPS) is 23.6. The minimum Gasteiger partial charge on any atom is -0.493 e. The number of aromatic nitrogens is 1. The van der Waals surface area contributed by atoms with Crippen molar-refractivity contribution in [2.75, 3.05) is 49.4 Å². The van der Waals surface area contributed by atoms with Crippen LogP contribution in [-0.4, -0.2) is 103 Å². The van der Waals surface area contributed by atoms with Crippen LogP contribution in [0.1, 0.15) is 115 Å². The summed E-state index contributed by atoms with van der Waals surface area (Å²) in [5.41, 5.74) is 17.7. The lowest BCUT2D eigenvalue weighted by Crippen LogP contribution is -2.48. The average Bonchev–Trinajstić information content (AvgIpc) is 2.76. The lowest BCUT2D eigenvalue weighted by molar-refractivity contribution is 0.0150. The summed E-state index contributed by atoms with van der Waals surface area (Å²) in [6.45, 7) is 12.2. The van der Waals surface area contributed by atoms with Gasteiger partial charge in [-0.25, -0.2) is 37.1 Å². The van der Waals surface area contributed by atoms with Gasteiger partial charge in [0, 0.05) is 113 Å². The number of imide groups is 1. The number of pyridine rings is 1. The Labute approximate surface area is 558 Å². The molecule has 2 amide bonds. The summed E-state index contributed by atoms with van der Waals surface area (Å²) in [5, 5.41) is 1.93. The Morgan fingerprint density at radius 2 is 0.901 bits per heavy atom. The van der Waals surface area contributed by atoms with Gasteiger partial charge >= 0.3 is 12.2 Å². The van der Waals surface area contributed by atoms with Crippen LogP contribution >= 0.6 is 78.9 Å². The van der Waals surface area contributed by atoms with Crippen molar-refractivity contribution >= 4 is 112 Å². The third-order valence-corrected chi connectivity index (χ3v) is 20.4. The van der Waals surface area contributed by atoms with E-state index >= 15 is 0 Å². The van der Waals surface area contributed by atoms with Gasteiger partial charge < -0.3 is 45.6 Å². The van der Waals surface area contributed by atoms with Gasteiger partial charge in [0.1, 0.15) is 57.5 Å². The van der Waals surface area contributed by atoms with Gasteiger partial charge in [-0.05, 0) is 142 Å². The fourth-order valence-corrected chi connectivity index (χ4v) is 16.1. The predicted molar refractivity (Wildman–Crippen MR) is 356 cm³/mol. The van der Waals surface area contributed by atoms with E-state index in [0.29, 0.717) is 104 Å². The molecule has 0 bridgehead atoms. The van der Waals surface area contributed by atoms with E-state index < -0.39 is 52.0 Å². The van der Waals surface area contributed by atoms with Gasteiger partial charge in [-0.1, -0.05) is 47.0 Å². The molecule has 28 heteroatoms. The summed E-state index contributed by atoms with van der Waals surface area (Å²) in [4.78, 5) is 49.3. The second-order valence-corrected chi connectivity index (χ2v) is 30.4. The third-order valence-electron chi connectivity index (χ3n) is 15.9. The van der Waals surface area contributed by atoms with Crippen molar-refractivity contribution in [1.29, 1.82) is 0 Å². The highest BCUT2D eigenvalue weighted by atomic mass is 79.9. The molecule has 4 unspecified atom stereocenters. The Bertz CT molecular complexity index is 3740. The molecule has 8 aliphatic rings. The first-order valence-electron chi connectivity index (χ1n) is 29.3. The Kier molecular flexibility index (Phi) is 20.6. The minimum absolute atomic E-state index is 0.126. The van der Waals surface area contributed by atoms with Crippen LogP contribution in [0.2, 0.25) is 0 Å². The lowest BCUT2D eigenvalue weighted by Gasteiger charge is -2.40. The SMILES string of the molecule is CC(C)(C)OC(=O)N(C(=O)OC(C)(C)C)C1=NC2(CCOc3cc(F)c(Br)cc32)CCS1.NC1=NC2(CCOc3cc(F)c(-c4cccnc4F)cc32)CCS1.NC1=NC2(CCOc3cc(F)c(Br)cc32)CCS1.NC1=NC2(CCOc3cc(F)ccc32)CCS1. The zero-order valence-corrected chi connectivity index (χ0v) is 57.1. The van der Waals surface area contributed by atoms with Crippen LogP contribution in [0.15, 0.2) is 102 Å². The van der Waals surface area contributed by atoms with E-state index in [-0.39, 0.29) is 39.0 Å². The number of amidine groups is 4. The van der Waals surface area contributed by atoms with Crippen LogP contribution in [0.5, 0.6) is 23.0 Å². The number of hydrogen-bond acceptors (Lipinski definition) is 20. The summed E-state index contributed by atoms with van der Waals surface area (Å²) >= 11 is 12.4. The molecule has 9 heterocycles. The van der Waals surface area contributed by atoms with Gasteiger partial charge in [-0.15, -0.1) is 0 Å². The quantitative estimate of drug-likeness (QED) is 0.105. The number of carbonyl (C=O) groups is 2. The lowest BCUT2D eigenvalue weighted by atomic mass is 9.81. The van der Waals surface area contributed by atoms with E-state index in [4.69, 9.17) is 50.6 Å². The number of aliphatic imine (C=N–C) groups is 4. The fraction of sp³-hybridized carbons (Fsp3) is 0.444. The van der Waals surface area contributed by atoms with Crippen molar-refractivity contribution < 1.29 is 60.0 Å². The molecule has 0 fully saturated rings. The Morgan fingerprint density at radius 3 is 1.33 bits per heavy atom. The van der Waals surface area contributed by atoms with Crippen molar-refractivity contribution in [3.63, 3.8) is 0 Å². The molecular weight excluding hydrogens is 1390 g/mol. The van der Waals surface area contributed by atoms with Crippen LogP contribution < -0.4 is 36.1 Å². The first-order chi connectivity index (χ1) is 43.1. The maximum absolute atomic E-state index is 14.5. The maximum atomic E-state index is 14.5. The number of ether oxygens (including phenoxy) is 6. The van der Waals surface area contributed by atoms with Gasteiger partial charge in [0.2, 0.25) is 5.95 Å². The van der Waals surface area contributed by atoms with Gasteiger partial charge in [0.15, 0.2) is 20.7 Å². The molecule has 4 spiro atoms. The van der Waals surface area contributed by atoms with Crippen LogP contribution in [-0.2, 0) is 31.6 Å². The number of rotatable bonds is 1. The van der Waals surface area contributed by atoms with Gasteiger partial charge in [-0.3, -0.25) is 15.0 Å². The van der Waals surface area contributed by atoms with E-state index in [1.54, 1.807) is 95.4 Å². The number of nitrogens with two attached hydrogens (primary N) is 3. The van der Waals surface area contributed by atoms with Crippen molar-refractivity contribution in [3.05, 3.63) is 133 Å². The molecule has 0 aliphatic carbocycles. The fourth-order valence-electron chi connectivity index (χ4n) is 11.6. The molecule has 8 aliphatic heterocycles. The molecule has 13 rings (SSSR count). The number of amides is 2. The van der Waals surface area contributed by atoms with Crippen molar-refractivity contribution in [3.8, 4) is 34.1 Å². The monoisotopic (exact) mass is 1460 g/mol. The van der Waals surface area contributed by atoms with Crippen LogP contribution in [0, 0.1) is 29.2 Å². The van der Waals surface area contributed by atoms with Gasteiger partial charge in [-0.2, -0.15) is 9.29 Å². The topological polar surface area (TPSA) is 233 Å². The molecule has 0 saturated carbocycles. The summed E-state index contributed by atoms with van der Waals surface area (Å²) in [6, 6.07) is 16.9. The number of carbonyl (C=O) groups excluding carboxylic acids is 2. The minimum atomic E-state index is -0.859. The smallest absolute Gasteiger partial charge is 0.426 e. The van der Waals surface area contributed by atoms with Crippen molar-refractivity contribution in [1.82, 2.24) is 9.88 Å². The maximum Gasteiger partial charge on any atom is 0.426 e. The van der Waals surface area contributed by atoms with Gasteiger partial charge in [0.25, 0.3) is 0 Å². The molecule has 5 aromatic rings. The second kappa shape index (κ2) is 27.6. The molecule has 91 heavy (non-hydrogen) atoms. The highest BCUT2D eigenvalue weighted by Crippen LogP contribution is 2.51. The summed E-state index contributed by atoms with van der Waals surface area (Å²) < 4.78 is 103. The Balaban J connectivity index is 0.000000137. The molecule has 486 valence electrons. The van der Waals surface area contributed by atoms with E-state index in [1.165, 1.54) is 66.1 Å². The molecule has 0 saturated heterocycles. The average molecular weight is 1460 g/mol. The van der Waals surface area contributed by atoms with E-state index in [0.717, 1.165) is 71.0 Å². The largest absolute Gasteiger partial charge is 0.493 e. The molecule has 0 radical (unpaired) electrons. The third kappa shape index (κ3) is 15.3. The number of nitrogens with zero attached hydrogens (tertiary/aromatic N) is 6. The first kappa shape index (κ1) is 67.9. The predicted octanol–water partition coefficient (Wildman–Crippen LogP) is 15.0. The highest BCUT2D eigenvalue weighted by molar-refractivity contribution is 9.10. The molecule has 6 N–H and O–H groups in total. The second-order valence-electron chi connectivity index (χ2n) is 24.3. The van der Waals surface area contributed by atoms with Crippen LogP contribution in [0.4, 0.5) is 31.5 Å². The summed E-state index contributed by atoms with van der Waals surface area (Å²) in [5.74, 6) is 3.11. The van der Waals surface area contributed by atoms with Crippen LogP contribution in [0.25, 0.3) is 11.1 Å². The molecule has 4 atom stereocenters. The Hall–Kier alpha value is -5.94. The van der Waals surface area contributed by atoms with Gasteiger partial charge in [0.05, 0.1) is 57.5 Å². The molecular formula is C63H68Br2F5N9O8S4. The number of hydrogen-bond donors (Lipinski definition) is 3. The number of halogens is 7. The standard InChI is InChI=1S/C22H28BrFN2O5S.C17H15F2N3OS.C12H12BrFN2OS.C12H13FN2OS/c1-20(2,3)30-18(27)26(19(28)31-21(4,5)6)17-25-22(8-10-32-17)7-9-29-16-12-15(24)14(23)11-13(16)22;18-13-9-14-12(8-11(13)10-2-1-5-21-15(10)19)17(3-6-23-14)4-7-24-16(20)22-17;13-8-5-7-10(6-9(8)14)17-3-1-12(7)2-4-18-11(15)16-12;13-8-1-2-9-10(7-8)16-5-3-12(9)4-6-17-11(14)15-12/h11-12H,7-10H2,1-6H3;1-2,5,8-9H,3-4,6-7H2,(H2,20,22);5-6H,1-4H2,(H2,15,16);1-2,7H,3-6H2,(H2,14,15). The summed E-state index contributed by atoms with van der Waals surface area (Å²) in [6.07, 6.45) is 5.69. The number of fused-ring (bicyclic) bond motifs is 8. The number of thioether (sulfide) groups is 4. The van der Waals surface area contributed by atoms with Crippen molar-refractivity contribution in [2.45, 2.75) is 126 Å². The zero-order valence-electron chi connectivity index (χ0n) is 50.7. The Morgan fingerprint density at radius 1 is 0.505 bits per heavy atom. The number of benzene rings is 4. The molecule has 4 aromatic carbocycles. The van der Waals surface area contributed by atoms with E-state index in [1.807, 2.05) is 0 Å². The van der Waals surface area contributed by atoms with Crippen molar-refractivity contribution in [2.24, 2.45) is 37.2 Å². The first-order valence-corrected chi connectivity index (χ1v) is 34.8. The van der Waals surface area contributed by atoms with Crippen LogP contribution in [0.3, 0.4) is 0 Å². The zero-order chi connectivity index (χ0) is 65.3.